The third kappa shape index (κ3) is 4.78. The molecule has 1 aromatic rings. The number of hydrogen-bond acceptors (Lipinski definition) is 1. The summed E-state index contributed by atoms with van der Waals surface area (Å²) in [5.74, 6) is 0.597. The quantitative estimate of drug-likeness (QED) is 0.605. The fourth-order valence-electron chi connectivity index (χ4n) is 1.63. The monoisotopic (exact) mass is 202 g/mol. The van der Waals surface area contributed by atoms with E-state index in [9.17, 15) is 0 Å². The van der Waals surface area contributed by atoms with Gasteiger partial charge in [-0.3, -0.25) is 4.99 Å². The lowest BCUT2D eigenvalue weighted by Crippen LogP contribution is -2.00. The summed E-state index contributed by atoms with van der Waals surface area (Å²) in [6.07, 6.45) is 7.89. The second-order valence-corrected chi connectivity index (χ2v) is 3.81. The Balaban J connectivity index is 2.53. The van der Waals surface area contributed by atoms with Gasteiger partial charge in [0.1, 0.15) is 0 Å². The third-order valence-electron chi connectivity index (χ3n) is 2.39. The lowest BCUT2D eigenvalue weighted by Gasteiger charge is -2.08. The van der Waals surface area contributed by atoms with Gasteiger partial charge in [0.2, 0.25) is 0 Å². The van der Waals surface area contributed by atoms with Crippen LogP contribution in [-0.4, -0.2) is 6.21 Å². The molecule has 0 aromatic heterocycles. The van der Waals surface area contributed by atoms with Gasteiger partial charge in [0.05, 0.1) is 5.69 Å². The van der Waals surface area contributed by atoms with E-state index in [-0.39, 0.29) is 0 Å². The van der Waals surface area contributed by atoms with Crippen molar-refractivity contribution in [2.75, 3.05) is 0 Å². The molecule has 0 fully saturated rings. The Bertz CT molecular complexity index is 271. The molecule has 1 atom stereocenters. The Kier molecular flexibility index (Phi) is 5.76. The molecule has 0 saturated carbocycles. The Morgan fingerprint density at radius 2 is 2.00 bits per heavy atom. The highest BCUT2D eigenvalue weighted by atomic mass is 14.7. The smallest absolute Gasteiger partial charge is 0.0625 e. The van der Waals surface area contributed by atoms with E-state index in [4.69, 9.17) is 0 Å². The molecule has 0 aliphatic heterocycles. The second kappa shape index (κ2) is 7.22. The van der Waals surface area contributed by atoms with E-state index in [2.05, 4.69) is 31.5 Å². The maximum Gasteiger partial charge on any atom is 0.0625 e. The molecule has 0 heterocycles. The zero-order valence-corrected chi connectivity index (χ0v) is 9.69. The zero-order chi connectivity index (χ0) is 10.9. The van der Waals surface area contributed by atoms with Gasteiger partial charge in [-0.2, -0.15) is 0 Å². The normalized spacial score (nSPS) is 11.4. The van der Waals surface area contributed by atoms with E-state index in [1.807, 2.05) is 30.3 Å². The van der Waals surface area contributed by atoms with Crippen LogP contribution in [-0.2, 0) is 0 Å². The molecule has 0 N–H and O–H groups in total. The highest BCUT2D eigenvalue weighted by Gasteiger charge is 2.02. The van der Waals surface area contributed by atoms with E-state index >= 15 is 0 Å². The van der Waals surface area contributed by atoms with Crippen molar-refractivity contribution in [1.29, 1.82) is 0 Å². The van der Waals surface area contributed by atoms with Crippen molar-refractivity contribution >= 4 is 11.9 Å². The van der Waals surface area contributed by atoms with E-state index < -0.39 is 0 Å². The highest BCUT2D eigenvalue weighted by Crippen LogP contribution is 2.14. The lowest BCUT2D eigenvalue weighted by molar-refractivity contribution is 0.614. The predicted octanol–water partition coefficient (Wildman–Crippen LogP) is 4.42. The molecule has 0 amide bonds. The number of para-hydroxylation sites is 1. The Labute approximate surface area is 93.2 Å². The molecule has 1 nitrogen and oxygen atoms in total. The van der Waals surface area contributed by atoms with Crippen LogP contribution in [0.4, 0.5) is 5.69 Å². The SMILES string of the molecule is C[CH]CC(C=Nc1ccccc1)CCC. The summed E-state index contributed by atoms with van der Waals surface area (Å²) in [5, 5.41) is 0. The summed E-state index contributed by atoms with van der Waals surface area (Å²) in [6.45, 7) is 4.33. The van der Waals surface area contributed by atoms with Gasteiger partial charge in [-0.15, -0.1) is 0 Å². The van der Waals surface area contributed by atoms with E-state index in [1.165, 1.54) is 12.8 Å². The minimum absolute atomic E-state index is 0.597. The Morgan fingerprint density at radius 1 is 1.27 bits per heavy atom. The molecule has 81 valence electrons. The van der Waals surface area contributed by atoms with Crippen molar-refractivity contribution in [3.8, 4) is 0 Å². The number of nitrogens with zero attached hydrogens (tertiary/aromatic N) is 1. The Morgan fingerprint density at radius 3 is 2.60 bits per heavy atom. The first kappa shape index (κ1) is 12.0. The van der Waals surface area contributed by atoms with Crippen molar-refractivity contribution in [3.63, 3.8) is 0 Å². The first-order valence-electron chi connectivity index (χ1n) is 5.74. The van der Waals surface area contributed by atoms with Crippen LogP contribution < -0.4 is 0 Å². The molecule has 0 aliphatic rings. The van der Waals surface area contributed by atoms with Crippen molar-refractivity contribution in [2.45, 2.75) is 33.1 Å². The second-order valence-electron chi connectivity index (χ2n) is 3.81. The predicted molar refractivity (Wildman–Crippen MR) is 67.6 cm³/mol. The maximum absolute atomic E-state index is 4.50. The average molecular weight is 202 g/mol. The summed E-state index contributed by atoms with van der Waals surface area (Å²) >= 11 is 0. The van der Waals surface area contributed by atoms with Gasteiger partial charge in [-0.05, 0) is 37.3 Å². The average Bonchev–Trinajstić information content (AvgIpc) is 2.28. The summed E-state index contributed by atoms with van der Waals surface area (Å²) in [5.41, 5.74) is 1.05. The van der Waals surface area contributed by atoms with Crippen LogP contribution in [0.2, 0.25) is 0 Å². The van der Waals surface area contributed by atoms with E-state index in [1.54, 1.807) is 0 Å². The van der Waals surface area contributed by atoms with Gasteiger partial charge in [-0.25, -0.2) is 0 Å². The van der Waals surface area contributed by atoms with Gasteiger partial charge in [0.25, 0.3) is 0 Å². The summed E-state index contributed by atoms with van der Waals surface area (Å²) in [7, 11) is 0. The van der Waals surface area contributed by atoms with Gasteiger partial charge in [0.15, 0.2) is 0 Å². The summed E-state index contributed by atoms with van der Waals surface area (Å²) in [4.78, 5) is 4.50. The highest BCUT2D eigenvalue weighted by molar-refractivity contribution is 5.65. The molecule has 1 unspecified atom stereocenters. The summed E-state index contributed by atoms with van der Waals surface area (Å²) in [6, 6.07) is 10.1. The summed E-state index contributed by atoms with van der Waals surface area (Å²) < 4.78 is 0. The van der Waals surface area contributed by atoms with Gasteiger partial charge in [0, 0.05) is 6.21 Å². The van der Waals surface area contributed by atoms with Crippen molar-refractivity contribution in [1.82, 2.24) is 0 Å². The first-order chi connectivity index (χ1) is 7.36. The molecule has 1 rings (SSSR count). The number of aliphatic imine (C=N–C) groups is 1. The molecule has 0 saturated heterocycles. The van der Waals surface area contributed by atoms with Crippen LogP contribution >= 0.6 is 0 Å². The zero-order valence-electron chi connectivity index (χ0n) is 9.69. The fourth-order valence-corrected chi connectivity index (χ4v) is 1.63. The standard InChI is InChI=1S/C14H20N/c1-3-8-13(9-4-2)12-15-14-10-6-5-7-11-14/h3,5-7,10-13H,4,8-9H2,1-2H3. The molecule has 0 spiro atoms. The van der Waals surface area contributed by atoms with E-state index in [0.29, 0.717) is 5.92 Å². The van der Waals surface area contributed by atoms with Crippen LogP contribution in [0.1, 0.15) is 33.1 Å². The molecule has 15 heavy (non-hydrogen) atoms. The topological polar surface area (TPSA) is 12.4 Å². The van der Waals surface area contributed by atoms with Crippen LogP contribution in [0.25, 0.3) is 0 Å². The molecular weight excluding hydrogens is 182 g/mol. The van der Waals surface area contributed by atoms with Crippen LogP contribution in [0, 0.1) is 12.3 Å². The molecule has 1 radical (unpaired) electrons. The minimum atomic E-state index is 0.597. The molecule has 0 aliphatic carbocycles. The van der Waals surface area contributed by atoms with Crippen LogP contribution in [0.15, 0.2) is 35.3 Å². The minimum Gasteiger partial charge on any atom is -0.261 e. The van der Waals surface area contributed by atoms with Crippen molar-refractivity contribution in [3.05, 3.63) is 36.8 Å². The number of benzene rings is 1. The Hall–Kier alpha value is -1.11. The van der Waals surface area contributed by atoms with Gasteiger partial charge >= 0.3 is 0 Å². The number of rotatable bonds is 6. The molecule has 1 aromatic carbocycles. The fraction of sp³-hybridized carbons (Fsp3) is 0.429. The number of hydrogen-bond donors (Lipinski definition) is 0. The van der Waals surface area contributed by atoms with Crippen molar-refractivity contribution in [2.24, 2.45) is 10.9 Å². The maximum atomic E-state index is 4.50. The largest absolute Gasteiger partial charge is 0.261 e. The molecule has 0 bridgehead atoms. The molecular formula is C14H20N. The lowest BCUT2D eigenvalue weighted by atomic mass is 10.00. The van der Waals surface area contributed by atoms with Gasteiger partial charge in [-0.1, -0.05) is 38.5 Å². The first-order valence-corrected chi connectivity index (χ1v) is 5.74. The van der Waals surface area contributed by atoms with Crippen LogP contribution in [0.5, 0.6) is 0 Å². The van der Waals surface area contributed by atoms with Gasteiger partial charge < -0.3 is 0 Å². The third-order valence-corrected chi connectivity index (χ3v) is 2.39. The van der Waals surface area contributed by atoms with Crippen LogP contribution in [0.3, 0.4) is 0 Å². The molecule has 1 heteroatoms. The van der Waals surface area contributed by atoms with E-state index in [0.717, 1.165) is 12.1 Å². The van der Waals surface area contributed by atoms with Crippen molar-refractivity contribution < 1.29 is 0 Å².